The van der Waals surface area contributed by atoms with Crippen LogP contribution in [0.4, 0.5) is 0 Å². The molecule has 7 nitrogen and oxygen atoms in total. The van der Waals surface area contributed by atoms with Gasteiger partial charge in [-0.05, 0) is 44.0 Å². The normalized spacial score (nSPS) is 12.2. The Morgan fingerprint density at radius 3 is 2.68 bits per heavy atom. The van der Waals surface area contributed by atoms with E-state index in [1.807, 2.05) is 11.7 Å². The maximum atomic E-state index is 5.49. The van der Waals surface area contributed by atoms with Crippen molar-refractivity contribution in [3.63, 3.8) is 0 Å². The van der Waals surface area contributed by atoms with E-state index in [1.165, 1.54) is 5.56 Å². The van der Waals surface area contributed by atoms with Crippen LogP contribution in [-0.2, 0) is 12.8 Å². The number of aromatic nitrogens is 5. The molecule has 0 radical (unpaired) electrons. The molecule has 0 saturated heterocycles. The Labute approximate surface area is 172 Å². The van der Waals surface area contributed by atoms with Gasteiger partial charge in [0, 0.05) is 12.5 Å². The highest BCUT2D eigenvalue weighted by Gasteiger charge is 2.21. The molecule has 2 heterocycles. The summed E-state index contributed by atoms with van der Waals surface area (Å²) < 4.78 is 7.38. The van der Waals surface area contributed by atoms with Crippen molar-refractivity contribution in [2.75, 3.05) is 7.05 Å². The highest BCUT2D eigenvalue weighted by atomic mass is 35.5. The van der Waals surface area contributed by atoms with Crippen LogP contribution in [0.5, 0.6) is 0 Å². The third-order valence-corrected chi connectivity index (χ3v) is 4.68. The minimum atomic E-state index is 0. The summed E-state index contributed by atoms with van der Waals surface area (Å²) >= 11 is 0. The average Bonchev–Trinajstić information content (AvgIpc) is 3.29. The number of hydrogen-bond donors (Lipinski definition) is 1. The molecule has 1 unspecified atom stereocenters. The minimum Gasteiger partial charge on any atom is -0.332 e. The van der Waals surface area contributed by atoms with Crippen molar-refractivity contribution in [1.29, 1.82) is 0 Å². The molecule has 1 atom stereocenters. The van der Waals surface area contributed by atoms with Crippen molar-refractivity contribution in [1.82, 2.24) is 30.5 Å². The molecule has 2 aromatic heterocycles. The van der Waals surface area contributed by atoms with Gasteiger partial charge in [0.25, 0.3) is 5.89 Å². The van der Waals surface area contributed by atoms with E-state index in [9.17, 15) is 0 Å². The molecule has 3 aromatic rings. The lowest BCUT2D eigenvalue weighted by Crippen LogP contribution is -2.24. The zero-order chi connectivity index (χ0) is 19.4. The first-order valence-corrected chi connectivity index (χ1v) is 9.58. The summed E-state index contributed by atoms with van der Waals surface area (Å²) in [6.45, 7) is 8.59. The van der Waals surface area contributed by atoms with Crippen LogP contribution in [0, 0.1) is 0 Å². The molecular weight excluding hydrogens is 376 g/mol. The number of halogens is 1. The van der Waals surface area contributed by atoms with Crippen LogP contribution in [0.25, 0.3) is 17.3 Å². The Morgan fingerprint density at radius 1 is 1.21 bits per heavy atom. The van der Waals surface area contributed by atoms with E-state index in [0.29, 0.717) is 29.7 Å². The van der Waals surface area contributed by atoms with Crippen LogP contribution in [-0.4, -0.2) is 38.2 Å². The maximum absolute atomic E-state index is 5.49. The molecule has 0 bridgehead atoms. The molecule has 3 rings (SSSR count). The molecule has 28 heavy (non-hydrogen) atoms. The summed E-state index contributed by atoms with van der Waals surface area (Å²) in [5, 5.41) is 16.0. The van der Waals surface area contributed by atoms with Crippen molar-refractivity contribution in [2.24, 2.45) is 0 Å². The SMILES string of the molecule is CCCc1c(-c2nc(CC(C)NC)no2)nnn1-c1cccc(C(C)C)c1.Cl. The Bertz CT molecular complexity index is 888. The van der Waals surface area contributed by atoms with E-state index in [1.54, 1.807) is 0 Å². The van der Waals surface area contributed by atoms with Gasteiger partial charge in [-0.25, -0.2) is 4.68 Å². The molecule has 0 saturated carbocycles. The Kier molecular flexibility index (Phi) is 7.71. The quantitative estimate of drug-likeness (QED) is 0.611. The van der Waals surface area contributed by atoms with E-state index in [4.69, 9.17) is 4.52 Å². The maximum Gasteiger partial charge on any atom is 0.280 e. The predicted octanol–water partition coefficient (Wildman–Crippen LogP) is 3.97. The van der Waals surface area contributed by atoms with Crippen molar-refractivity contribution < 1.29 is 4.52 Å². The number of likely N-dealkylation sites (N-methyl/N-ethyl adjacent to an activating group) is 1. The first-order valence-electron chi connectivity index (χ1n) is 9.58. The molecule has 0 amide bonds. The highest BCUT2D eigenvalue weighted by molar-refractivity contribution is 5.85. The molecule has 1 aromatic carbocycles. The summed E-state index contributed by atoms with van der Waals surface area (Å²) in [7, 11) is 1.92. The lowest BCUT2D eigenvalue weighted by Gasteiger charge is -2.10. The predicted molar refractivity (Wildman–Crippen MR) is 112 cm³/mol. The van der Waals surface area contributed by atoms with E-state index in [-0.39, 0.29) is 18.4 Å². The Morgan fingerprint density at radius 2 is 2.00 bits per heavy atom. The summed E-state index contributed by atoms with van der Waals surface area (Å²) in [6.07, 6.45) is 2.51. The van der Waals surface area contributed by atoms with Crippen molar-refractivity contribution in [3.05, 3.63) is 41.3 Å². The first kappa shape index (κ1) is 22.0. The second-order valence-corrected chi connectivity index (χ2v) is 7.21. The number of nitrogens with zero attached hydrogens (tertiary/aromatic N) is 5. The van der Waals surface area contributed by atoms with Crippen LogP contribution in [0.3, 0.4) is 0 Å². The van der Waals surface area contributed by atoms with Crippen molar-refractivity contribution in [3.8, 4) is 17.3 Å². The molecule has 0 spiro atoms. The summed E-state index contributed by atoms with van der Waals surface area (Å²) in [5.74, 6) is 1.56. The molecule has 8 heteroatoms. The van der Waals surface area contributed by atoms with Crippen LogP contribution < -0.4 is 5.32 Å². The van der Waals surface area contributed by atoms with Crippen LogP contribution in [0.1, 0.15) is 57.1 Å². The lowest BCUT2D eigenvalue weighted by molar-refractivity contribution is 0.416. The fraction of sp³-hybridized carbons (Fsp3) is 0.500. The third kappa shape index (κ3) is 4.77. The largest absolute Gasteiger partial charge is 0.332 e. The molecule has 0 aliphatic rings. The van der Waals surface area contributed by atoms with Gasteiger partial charge >= 0.3 is 0 Å². The van der Waals surface area contributed by atoms with Gasteiger partial charge < -0.3 is 9.84 Å². The first-order chi connectivity index (χ1) is 13.0. The van der Waals surface area contributed by atoms with Gasteiger partial charge in [-0.2, -0.15) is 4.98 Å². The van der Waals surface area contributed by atoms with Gasteiger partial charge in [0.2, 0.25) is 0 Å². The van der Waals surface area contributed by atoms with E-state index >= 15 is 0 Å². The topological polar surface area (TPSA) is 81.7 Å². The molecule has 0 fully saturated rings. The second kappa shape index (κ2) is 9.80. The summed E-state index contributed by atoms with van der Waals surface area (Å²) in [6, 6.07) is 8.69. The molecule has 152 valence electrons. The van der Waals surface area contributed by atoms with Crippen LogP contribution in [0.2, 0.25) is 0 Å². The number of hydrogen-bond acceptors (Lipinski definition) is 6. The molecule has 1 N–H and O–H groups in total. The summed E-state index contributed by atoms with van der Waals surface area (Å²) in [4.78, 5) is 4.53. The third-order valence-electron chi connectivity index (χ3n) is 4.68. The average molecular weight is 405 g/mol. The van der Waals surface area contributed by atoms with Gasteiger partial charge in [0.1, 0.15) is 0 Å². The van der Waals surface area contributed by atoms with Crippen LogP contribution in [0.15, 0.2) is 28.8 Å². The Balaban J connectivity index is 0.00000280. The van der Waals surface area contributed by atoms with Crippen molar-refractivity contribution in [2.45, 2.75) is 58.9 Å². The smallest absolute Gasteiger partial charge is 0.280 e. The minimum absolute atomic E-state index is 0. The van der Waals surface area contributed by atoms with E-state index < -0.39 is 0 Å². The Hall–Kier alpha value is -2.25. The van der Waals surface area contributed by atoms with Crippen molar-refractivity contribution >= 4 is 12.4 Å². The number of nitrogens with one attached hydrogen (secondary N) is 1. The van der Waals surface area contributed by atoms with Crippen LogP contribution >= 0.6 is 12.4 Å². The fourth-order valence-corrected chi connectivity index (χ4v) is 2.96. The fourth-order valence-electron chi connectivity index (χ4n) is 2.96. The zero-order valence-electron chi connectivity index (χ0n) is 17.1. The second-order valence-electron chi connectivity index (χ2n) is 7.21. The summed E-state index contributed by atoms with van der Waals surface area (Å²) in [5.41, 5.74) is 3.94. The van der Waals surface area contributed by atoms with Gasteiger partial charge in [-0.1, -0.05) is 49.7 Å². The number of rotatable bonds is 8. The van der Waals surface area contributed by atoms with Gasteiger partial charge in [-0.3, -0.25) is 0 Å². The van der Waals surface area contributed by atoms with E-state index in [0.717, 1.165) is 24.2 Å². The zero-order valence-corrected chi connectivity index (χ0v) is 18.0. The monoisotopic (exact) mass is 404 g/mol. The molecule has 0 aliphatic carbocycles. The molecular formula is C20H29ClN6O. The van der Waals surface area contributed by atoms with E-state index in [2.05, 4.69) is 77.7 Å². The highest BCUT2D eigenvalue weighted by Crippen LogP contribution is 2.25. The standard InChI is InChI=1S/C20H28N6O.ClH/c1-6-8-17-19(20-22-18(24-27-20)11-14(4)21-5)23-25-26(17)16-10-7-9-15(12-16)13(2)3;/h7,9-10,12-14,21H,6,8,11H2,1-5H3;1H. The lowest BCUT2D eigenvalue weighted by atomic mass is 10.0. The van der Waals surface area contributed by atoms with Gasteiger partial charge in [0.05, 0.1) is 11.4 Å². The number of benzene rings is 1. The molecule has 0 aliphatic heterocycles. The van der Waals surface area contributed by atoms with Gasteiger partial charge in [0.15, 0.2) is 11.5 Å². The van der Waals surface area contributed by atoms with Gasteiger partial charge in [-0.15, -0.1) is 17.5 Å².